The van der Waals surface area contributed by atoms with Gasteiger partial charge in [0.2, 0.25) is 0 Å². The molecule has 5 heteroatoms. The van der Waals surface area contributed by atoms with Crippen LogP contribution in [0.15, 0.2) is 54.6 Å². The molecule has 3 rings (SSSR count). The molecule has 26 heavy (non-hydrogen) atoms. The molecule has 2 aromatic carbocycles. The second-order valence-corrected chi connectivity index (χ2v) is 7.48. The van der Waals surface area contributed by atoms with Crippen molar-refractivity contribution in [3.05, 3.63) is 71.3 Å². The predicted molar refractivity (Wildman–Crippen MR) is 97.9 cm³/mol. The molecule has 0 unspecified atom stereocenters. The maximum absolute atomic E-state index is 12.8. The van der Waals surface area contributed by atoms with Gasteiger partial charge in [-0.2, -0.15) is 0 Å². The van der Waals surface area contributed by atoms with Crippen molar-refractivity contribution < 1.29 is 19.4 Å². The standard InChI is InChI=1S/C21H23NO4/c1-21(2,3)26-20(25)22-13-15-11-7-8-12-16(15)17(18(22)19(23)24)14-9-5-4-6-10-14/h4-12,17-18H,13H2,1-3H3,(H,23,24)/t17-,18+/m0/s1. The first-order valence-corrected chi connectivity index (χ1v) is 8.63. The van der Waals surface area contributed by atoms with Crippen molar-refractivity contribution in [2.45, 2.75) is 44.9 Å². The molecular weight excluding hydrogens is 330 g/mol. The zero-order valence-corrected chi connectivity index (χ0v) is 15.2. The Labute approximate surface area is 153 Å². The molecule has 2 atom stereocenters. The van der Waals surface area contributed by atoms with Gasteiger partial charge in [0.25, 0.3) is 0 Å². The Morgan fingerprint density at radius 2 is 1.65 bits per heavy atom. The molecule has 0 fully saturated rings. The van der Waals surface area contributed by atoms with Crippen LogP contribution in [-0.2, 0) is 16.1 Å². The number of hydrogen-bond acceptors (Lipinski definition) is 3. The number of aliphatic carboxylic acids is 1. The molecule has 1 N–H and O–H groups in total. The van der Waals surface area contributed by atoms with Crippen molar-refractivity contribution in [1.29, 1.82) is 0 Å². The predicted octanol–water partition coefficient (Wildman–Crippen LogP) is 4.02. The zero-order valence-electron chi connectivity index (χ0n) is 15.2. The quantitative estimate of drug-likeness (QED) is 0.885. The number of ether oxygens (including phenoxy) is 1. The molecule has 1 amide bonds. The number of carboxylic acid groups (broad SMARTS) is 1. The average Bonchev–Trinajstić information content (AvgIpc) is 2.59. The molecule has 0 radical (unpaired) electrons. The summed E-state index contributed by atoms with van der Waals surface area (Å²) in [5.74, 6) is -1.50. The molecule has 2 aromatic rings. The van der Waals surface area contributed by atoms with Crippen LogP contribution in [0.25, 0.3) is 0 Å². The molecule has 0 spiro atoms. The van der Waals surface area contributed by atoms with Gasteiger partial charge in [-0.25, -0.2) is 9.59 Å². The highest BCUT2D eigenvalue weighted by atomic mass is 16.6. The highest BCUT2D eigenvalue weighted by Crippen LogP contribution is 2.39. The lowest BCUT2D eigenvalue weighted by atomic mass is 9.79. The summed E-state index contributed by atoms with van der Waals surface area (Å²) >= 11 is 0. The van der Waals surface area contributed by atoms with Gasteiger partial charge >= 0.3 is 12.1 Å². The van der Waals surface area contributed by atoms with E-state index in [0.29, 0.717) is 0 Å². The summed E-state index contributed by atoms with van der Waals surface area (Å²) in [6.45, 7) is 5.53. The van der Waals surface area contributed by atoms with Gasteiger partial charge in [-0.05, 0) is 37.5 Å². The number of fused-ring (bicyclic) bond motifs is 1. The summed E-state index contributed by atoms with van der Waals surface area (Å²) in [4.78, 5) is 26.3. The summed E-state index contributed by atoms with van der Waals surface area (Å²) in [7, 11) is 0. The summed E-state index contributed by atoms with van der Waals surface area (Å²) < 4.78 is 5.48. The Morgan fingerprint density at radius 3 is 2.27 bits per heavy atom. The van der Waals surface area contributed by atoms with Crippen LogP contribution >= 0.6 is 0 Å². The molecule has 0 saturated carbocycles. The summed E-state index contributed by atoms with van der Waals surface area (Å²) in [6, 6.07) is 16.1. The molecule has 1 aliphatic rings. The minimum absolute atomic E-state index is 0.214. The van der Waals surface area contributed by atoms with E-state index < -0.39 is 29.6 Å². The van der Waals surface area contributed by atoms with Crippen LogP contribution < -0.4 is 0 Å². The van der Waals surface area contributed by atoms with Gasteiger partial charge in [-0.15, -0.1) is 0 Å². The minimum Gasteiger partial charge on any atom is -0.480 e. The first-order valence-electron chi connectivity index (χ1n) is 8.63. The van der Waals surface area contributed by atoms with Crippen LogP contribution in [-0.4, -0.2) is 33.7 Å². The maximum Gasteiger partial charge on any atom is 0.411 e. The first-order chi connectivity index (χ1) is 12.3. The van der Waals surface area contributed by atoms with Gasteiger partial charge in [0, 0.05) is 5.92 Å². The molecular formula is C21H23NO4. The van der Waals surface area contributed by atoms with Gasteiger partial charge < -0.3 is 9.84 Å². The zero-order chi connectivity index (χ0) is 18.9. The second-order valence-electron chi connectivity index (χ2n) is 7.48. The van der Waals surface area contributed by atoms with Gasteiger partial charge in [0.1, 0.15) is 11.6 Å². The lowest BCUT2D eigenvalue weighted by molar-refractivity contribution is -0.144. The highest BCUT2D eigenvalue weighted by Gasteiger charge is 2.44. The topological polar surface area (TPSA) is 66.8 Å². The third kappa shape index (κ3) is 3.57. The Balaban J connectivity index is 2.11. The van der Waals surface area contributed by atoms with Crippen LogP contribution in [0, 0.1) is 0 Å². The van der Waals surface area contributed by atoms with Crippen molar-refractivity contribution in [3.63, 3.8) is 0 Å². The van der Waals surface area contributed by atoms with E-state index in [1.54, 1.807) is 20.8 Å². The summed E-state index contributed by atoms with van der Waals surface area (Å²) in [5, 5.41) is 9.96. The van der Waals surface area contributed by atoms with Crippen LogP contribution in [0.2, 0.25) is 0 Å². The van der Waals surface area contributed by atoms with Crippen molar-refractivity contribution in [1.82, 2.24) is 4.90 Å². The van der Waals surface area contributed by atoms with E-state index in [9.17, 15) is 14.7 Å². The number of amides is 1. The third-order valence-electron chi connectivity index (χ3n) is 4.42. The van der Waals surface area contributed by atoms with Crippen LogP contribution in [0.1, 0.15) is 43.4 Å². The SMILES string of the molecule is CC(C)(C)OC(=O)N1Cc2ccccc2[C@H](c2ccccc2)[C@@H]1C(=O)O. The van der Waals surface area contributed by atoms with E-state index in [1.807, 2.05) is 54.6 Å². The average molecular weight is 353 g/mol. The third-order valence-corrected chi connectivity index (χ3v) is 4.42. The van der Waals surface area contributed by atoms with E-state index in [4.69, 9.17) is 4.74 Å². The molecule has 1 heterocycles. The van der Waals surface area contributed by atoms with Crippen molar-refractivity contribution in [3.8, 4) is 0 Å². The molecule has 5 nitrogen and oxygen atoms in total. The molecule has 0 aromatic heterocycles. The fourth-order valence-electron chi connectivity index (χ4n) is 3.41. The fourth-order valence-corrected chi connectivity index (χ4v) is 3.41. The van der Waals surface area contributed by atoms with Gasteiger partial charge in [0.05, 0.1) is 6.54 Å². The Morgan fingerprint density at radius 1 is 1.04 bits per heavy atom. The van der Waals surface area contributed by atoms with Crippen LogP contribution in [0.3, 0.4) is 0 Å². The molecule has 0 aliphatic carbocycles. The number of benzene rings is 2. The number of hydrogen-bond donors (Lipinski definition) is 1. The molecule has 1 aliphatic heterocycles. The van der Waals surface area contributed by atoms with E-state index >= 15 is 0 Å². The van der Waals surface area contributed by atoms with Gasteiger partial charge in [-0.1, -0.05) is 54.6 Å². The van der Waals surface area contributed by atoms with E-state index in [2.05, 4.69) is 0 Å². The first kappa shape index (κ1) is 18.0. The number of carboxylic acids is 1. The summed E-state index contributed by atoms with van der Waals surface area (Å²) in [5.41, 5.74) is 2.04. The smallest absolute Gasteiger partial charge is 0.411 e. The second kappa shape index (κ2) is 6.83. The maximum atomic E-state index is 12.8. The Hall–Kier alpha value is -2.82. The van der Waals surface area contributed by atoms with E-state index in [0.717, 1.165) is 16.7 Å². The number of nitrogens with zero attached hydrogens (tertiary/aromatic N) is 1. The Bertz CT molecular complexity index is 810. The highest BCUT2D eigenvalue weighted by molar-refractivity contribution is 5.83. The monoisotopic (exact) mass is 353 g/mol. The van der Waals surface area contributed by atoms with Gasteiger partial charge in [-0.3, -0.25) is 4.90 Å². The number of carbonyl (C=O) groups excluding carboxylic acids is 1. The van der Waals surface area contributed by atoms with Crippen LogP contribution in [0.5, 0.6) is 0 Å². The lowest BCUT2D eigenvalue weighted by Crippen LogP contribution is -2.52. The minimum atomic E-state index is -1.04. The molecule has 136 valence electrons. The number of rotatable bonds is 2. The van der Waals surface area contributed by atoms with Gasteiger partial charge in [0.15, 0.2) is 0 Å². The van der Waals surface area contributed by atoms with E-state index in [-0.39, 0.29) is 6.54 Å². The molecule has 0 bridgehead atoms. The fraction of sp³-hybridized carbons (Fsp3) is 0.333. The van der Waals surface area contributed by atoms with E-state index in [1.165, 1.54) is 4.90 Å². The van der Waals surface area contributed by atoms with Crippen molar-refractivity contribution >= 4 is 12.1 Å². The molecule has 0 saturated heterocycles. The summed E-state index contributed by atoms with van der Waals surface area (Å²) in [6.07, 6.45) is -0.611. The van der Waals surface area contributed by atoms with Crippen molar-refractivity contribution in [2.24, 2.45) is 0 Å². The lowest BCUT2D eigenvalue weighted by Gasteiger charge is -2.40. The normalized spacial score (nSPS) is 19.6. The number of carbonyl (C=O) groups is 2. The van der Waals surface area contributed by atoms with Crippen LogP contribution in [0.4, 0.5) is 4.79 Å². The Kier molecular flexibility index (Phi) is 4.72. The largest absolute Gasteiger partial charge is 0.480 e. The van der Waals surface area contributed by atoms with Crippen molar-refractivity contribution in [2.75, 3.05) is 0 Å².